The molecule has 1 fully saturated rings. The number of carbonyl (C=O) groups is 2. The third-order valence-corrected chi connectivity index (χ3v) is 7.62. The fourth-order valence-electron chi connectivity index (χ4n) is 5.44. The van der Waals surface area contributed by atoms with Gasteiger partial charge in [0.1, 0.15) is 23.8 Å². The highest BCUT2D eigenvalue weighted by molar-refractivity contribution is 5.82. The maximum atomic E-state index is 14.0. The Hall–Kier alpha value is -3.04. The van der Waals surface area contributed by atoms with Gasteiger partial charge in [0, 0.05) is 18.2 Å². The number of aliphatic hydroxyl groups is 1. The van der Waals surface area contributed by atoms with Crippen LogP contribution in [-0.2, 0) is 26.9 Å². The molecule has 0 heterocycles. The second kappa shape index (κ2) is 14.0. The first-order chi connectivity index (χ1) is 19.6. The molecule has 0 bridgehead atoms. The zero-order valence-corrected chi connectivity index (χ0v) is 25.8. The van der Waals surface area contributed by atoms with Crippen LogP contribution in [0.15, 0.2) is 42.5 Å². The van der Waals surface area contributed by atoms with Gasteiger partial charge in [-0.2, -0.15) is 0 Å². The van der Waals surface area contributed by atoms with E-state index in [0.717, 1.165) is 43.7 Å². The minimum Gasteiger partial charge on any atom is -0.444 e. The smallest absolute Gasteiger partial charge is 0.408 e. The molecular weight excluding hydrogens is 540 g/mol. The van der Waals surface area contributed by atoms with Crippen molar-refractivity contribution in [3.05, 3.63) is 70.8 Å². The normalized spacial score (nSPS) is 16.8. The molecular formula is C33H47F2N3O4. The molecule has 232 valence electrons. The van der Waals surface area contributed by atoms with Gasteiger partial charge in [-0.05, 0) is 74.3 Å². The molecule has 2 amide bonds. The summed E-state index contributed by atoms with van der Waals surface area (Å²) in [5, 5.41) is 20.2. The van der Waals surface area contributed by atoms with E-state index in [2.05, 4.69) is 61.0 Å². The van der Waals surface area contributed by atoms with E-state index in [9.17, 15) is 23.5 Å². The Balaban J connectivity index is 1.78. The second-order valence-corrected chi connectivity index (χ2v) is 13.4. The van der Waals surface area contributed by atoms with Crippen molar-refractivity contribution in [2.24, 2.45) is 0 Å². The van der Waals surface area contributed by atoms with E-state index in [1.54, 1.807) is 20.8 Å². The van der Waals surface area contributed by atoms with Crippen LogP contribution in [-0.4, -0.2) is 47.9 Å². The molecule has 4 N–H and O–H groups in total. The van der Waals surface area contributed by atoms with Crippen LogP contribution in [0.2, 0.25) is 0 Å². The first-order valence-electron chi connectivity index (χ1n) is 14.8. The van der Waals surface area contributed by atoms with Gasteiger partial charge in [0.15, 0.2) is 0 Å². The Kier molecular flexibility index (Phi) is 11.1. The lowest BCUT2D eigenvalue weighted by atomic mass is 9.74. The van der Waals surface area contributed by atoms with Gasteiger partial charge in [0.25, 0.3) is 0 Å². The number of alkyl carbamates (subject to hydrolysis) is 1. The molecule has 7 nitrogen and oxygen atoms in total. The number of rotatable bonds is 10. The Morgan fingerprint density at radius 3 is 2.21 bits per heavy atom. The lowest BCUT2D eigenvalue weighted by Crippen LogP contribution is -2.54. The Labute approximate surface area is 248 Å². The molecule has 1 aliphatic carbocycles. The number of hydrogen-bond donors (Lipinski definition) is 4. The van der Waals surface area contributed by atoms with Crippen molar-refractivity contribution < 1.29 is 28.2 Å². The lowest BCUT2D eigenvalue weighted by Gasteiger charge is -2.41. The summed E-state index contributed by atoms with van der Waals surface area (Å²) >= 11 is 0. The molecule has 1 saturated carbocycles. The van der Waals surface area contributed by atoms with Crippen molar-refractivity contribution in [3.63, 3.8) is 0 Å². The summed E-state index contributed by atoms with van der Waals surface area (Å²) < 4.78 is 33.1. The fourth-order valence-corrected chi connectivity index (χ4v) is 5.44. The van der Waals surface area contributed by atoms with Crippen LogP contribution in [0.25, 0.3) is 0 Å². The average Bonchev–Trinajstić information content (AvgIpc) is 2.89. The van der Waals surface area contributed by atoms with Gasteiger partial charge in [0.2, 0.25) is 5.91 Å². The van der Waals surface area contributed by atoms with Crippen molar-refractivity contribution in [1.29, 1.82) is 0 Å². The number of halogens is 2. The van der Waals surface area contributed by atoms with Crippen molar-refractivity contribution in [1.82, 2.24) is 16.0 Å². The first-order valence-corrected chi connectivity index (χ1v) is 14.8. The molecule has 0 spiro atoms. The van der Waals surface area contributed by atoms with E-state index in [1.165, 1.54) is 17.7 Å². The van der Waals surface area contributed by atoms with Crippen LogP contribution in [0.4, 0.5) is 13.6 Å². The number of ether oxygens (including phenoxy) is 1. The minimum absolute atomic E-state index is 0.0117. The second-order valence-electron chi connectivity index (χ2n) is 13.4. The molecule has 1 aliphatic rings. The van der Waals surface area contributed by atoms with Gasteiger partial charge in [-0.15, -0.1) is 0 Å². The van der Waals surface area contributed by atoms with Gasteiger partial charge in [-0.25, -0.2) is 13.6 Å². The van der Waals surface area contributed by atoms with Crippen molar-refractivity contribution in [3.8, 4) is 0 Å². The fraction of sp³-hybridized carbons (Fsp3) is 0.576. The van der Waals surface area contributed by atoms with E-state index in [4.69, 9.17) is 4.74 Å². The SMILES string of the molecule is CC(C)(C)OC(=O)NCC(=O)NC(Cc1cc(F)cc(F)c1)C(O)CNC1(c2cccc(C(C)(C)C)c2)CCCCC1. The van der Waals surface area contributed by atoms with Gasteiger partial charge >= 0.3 is 6.09 Å². The third kappa shape index (κ3) is 10.1. The van der Waals surface area contributed by atoms with Crippen molar-refractivity contribution >= 4 is 12.0 Å². The summed E-state index contributed by atoms with van der Waals surface area (Å²) in [6.07, 6.45) is 3.18. The van der Waals surface area contributed by atoms with Crippen LogP contribution in [0.3, 0.4) is 0 Å². The Morgan fingerprint density at radius 2 is 1.62 bits per heavy atom. The molecule has 2 aromatic rings. The predicted octanol–water partition coefficient (Wildman–Crippen LogP) is 5.62. The lowest BCUT2D eigenvalue weighted by molar-refractivity contribution is -0.121. The summed E-state index contributed by atoms with van der Waals surface area (Å²) in [5.41, 5.74) is 1.59. The predicted molar refractivity (Wildman–Crippen MR) is 160 cm³/mol. The molecule has 9 heteroatoms. The first kappa shape index (κ1) is 33.5. The highest BCUT2D eigenvalue weighted by Gasteiger charge is 2.35. The quantitative estimate of drug-likeness (QED) is 0.289. The van der Waals surface area contributed by atoms with Crippen molar-refractivity contribution in [2.75, 3.05) is 13.1 Å². The number of carbonyl (C=O) groups excluding carboxylic acids is 2. The molecule has 3 rings (SSSR count). The number of aliphatic hydroxyl groups excluding tert-OH is 1. The van der Waals surface area contributed by atoms with Crippen LogP contribution >= 0.6 is 0 Å². The maximum Gasteiger partial charge on any atom is 0.408 e. The summed E-state index contributed by atoms with van der Waals surface area (Å²) in [7, 11) is 0. The molecule has 2 unspecified atom stereocenters. The van der Waals surface area contributed by atoms with E-state index >= 15 is 0 Å². The Morgan fingerprint density at radius 1 is 0.976 bits per heavy atom. The highest BCUT2D eigenvalue weighted by atomic mass is 19.1. The van der Waals surface area contributed by atoms with Gasteiger partial charge in [-0.1, -0.05) is 64.3 Å². The van der Waals surface area contributed by atoms with Crippen LogP contribution in [0, 0.1) is 11.6 Å². The van der Waals surface area contributed by atoms with Gasteiger partial charge < -0.3 is 25.8 Å². The Bertz CT molecular complexity index is 1200. The number of amides is 2. The summed E-state index contributed by atoms with van der Waals surface area (Å²) in [6, 6.07) is 10.8. The van der Waals surface area contributed by atoms with Gasteiger partial charge in [-0.3, -0.25) is 4.79 Å². The minimum atomic E-state index is -1.09. The number of benzene rings is 2. The molecule has 0 radical (unpaired) electrons. The monoisotopic (exact) mass is 587 g/mol. The topological polar surface area (TPSA) is 99.7 Å². The third-order valence-electron chi connectivity index (χ3n) is 7.62. The van der Waals surface area contributed by atoms with Crippen LogP contribution in [0.1, 0.15) is 90.3 Å². The number of hydrogen-bond acceptors (Lipinski definition) is 5. The van der Waals surface area contributed by atoms with E-state index in [0.29, 0.717) is 5.56 Å². The molecule has 2 atom stereocenters. The zero-order chi connectivity index (χ0) is 31.1. The molecule has 0 aromatic heterocycles. The van der Waals surface area contributed by atoms with Crippen molar-refractivity contribution in [2.45, 2.75) is 109 Å². The van der Waals surface area contributed by atoms with Crippen LogP contribution in [0.5, 0.6) is 0 Å². The molecule has 42 heavy (non-hydrogen) atoms. The van der Waals surface area contributed by atoms with E-state index < -0.39 is 41.4 Å². The molecule has 2 aromatic carbocycles. The average molecular weight is 588 g/mol. The standard InChI is InChI=1S/C33H47F2N3O4/c1-31(2,3)23-11-10-12-24(18-23)33(13-8-7-9-14-33)37-20-28(39)27(17-22-15-25(34)19-26(35)16-22)38-29(40)21-36-30(41)42-32(4,5)6/h10-12,15-16,18-19,27-28,37,39H,7-9,13-14,17,20-21H2,1-6H3,(H,36,41)(H,38,40). The summed E-state index contributed by atoms with van der Waals surface area (Å²) in [4.78, 5) is 24.8. The van der Waals surface area contributed by atoms with E-state index in [-0.39, 0.29) is 30.5 Å². The molecule has 0 aliphatic heterocycles. The summed E-state index contributed by atoms with van der Waals surface area (Å²) in [6.45, 7) is 11.4. The van der Waals surface area contributed by atoms with Gasteiger partial charge in [0.05, 0.1) is 12.1 Å². The van der Waals surface area contributed by atoms with E-state index in [1.807, 2.05) is 0 Å². The largest absolute Gasteiger partial charge is 0.444 e. The number of nitrogens with one attached hydrogen (secondary N) is 3. The molecule has 0 saturated heterocycles. The summed E-state index contributed by atoms with van der Waals surface area (Å²) in [5.74, 6) is -2.05. The zero-order valence-electron chi connectivity index (χ0n) is 25.8. The highest BCUT2D eigenvalue weighted by Crippen LogP contribution is 2.38. The maximum absolute atomic E-state index is 14.0. The van der Waals surface area contributed by atoms with Crippen LogP contribution < -0.4 is 16.0 Å².